The van der Waals surface area contributed by atoms with E-state index in [0.29, 0.717) is 5.41 Å². The number of rotatable bonds is 7. The lowest BCUT2D eigenvalue weighted by molar-refractivity contribution is 0.405. The first-order valence-electron chi connectivity index (χ1n) is 11.5. The summed E-state index contributed by atoms with van der Waals surface area (Å²) in [6, 6.07) is 0. The summed E-state index contributed by atoms with van der Waals surface area (Å²) in [5.74, 6) is 0. The van der Waals surface area contributed by atoms with Crippen LogP contribution in [0, 0.1) is 10.8 Å². The van der Waals surface area contributed by atoms with Crippen LogP contribution in [0.3, 0.4) is 0 Å². The van der Waals surface area contributed by atoms with Gasteiger partial charge in [-0.25, -0.2) is 0 Å². The van der Waals surface area contributed by atoms with Gasteiger partial charge in [0.2, 0.25) is 0 Å². The van der Waals surface area contributed by atoms with Gasteiger partial charge >= 0.3 is 0 Å². The van der Waals surface area contributed by atoms with Crippen LogP contribution in [-0.4, -0.2) is 0 Å². The highest BCUT2D eigenvalue weighted by atomic mass is 14.3. The second-order valence-corrected chi connectivity index (χ2v) is 9.93. The summed E-state index contributed by atoms with van der Waals surface area (Å²) >= 11 is 0. The highest BCUT2D eigenvalue weighted by Gasteiger charge is 2.23. The van der Waals surface area contributed by atoms with Crippen LogP contribution in [0.4, 0.5) is 0 Å². The fourth-order valence-corrected chi connectivity index (χ4v) is 3.13. The van der Waals surface area contributed by atoms with Crippen molar-refractivity contribution < 1.29 is 0 Å². The molecule has 0 aliphatic rings. The third-order valence-electron chi connectivity index (χ3n) is 4.76. The van der Waals surface area contributed by atoms with Gasteiger partial charge in [-0.05, 0) is 80.6 Å². The minimum Gasteiger partial charge on any atom is -0.0988 e. The normalized spacial score (nSPS) is 12.6. The van der Waals surface area contributed by atoms with Gasteiger partial charge in [0, 0.05) is 0 Å². The van der Waals surface area contributed by atoms with E-state index in [1.807, 2.05) is 19.9 Å². The van der Waals surface area contributed by atoms with E-state index in [4.69, 9.17) is 0 Å². The topological polar surface area (TPSA) is 0 Å². The van der Waals surface area contributed by atoms with E-state index in [2.05, 4.69) is 102 Å². The zero-order chi connectivity index (χ0) is 24.0. The summed E-state index contributed by atoms with van der Waals surface area (Å²) in [6.45, 7) is 39.0. The first kappa shape index (κ1) is 32.4. The fraction of sp³-hybridized carbons (Fsp3) is 0.655. The quantitative estimate of drug-likeness (QED) is 0.293. The van der Waals surface area contributed by atoms with Crippen molar-refractivity contribution in [3.8, 4) is 0 Å². The molecule has 0 N–H and O–H groups in total. The average Bonchev–Trinajstić information content (AvgIpc) is 2.60. The minimum absolute atomic E-state index is 0.0514. The van der Waals surface area contributed by atoms with Crippen molar-refractivity contribution in [2.45, 2.75) is 116 Å². The van der Waals surface area contributed by atoms with E-state index in [9.17, 15) is 0 Å². The maximum absolute atomic E-state index is 4.32. The van der Waals surface area contributed by atoms with E-state index in [1.54, 1.807) is 0 Å². The highest BCUT2D eigenvalue weighted by Crippen LogP contribution is 2.38. The lowest BCUT2D eigenvalue weighted by Crippen LogP contribution is -2.15. The van der Waals surface area contributed by atoms with E-state index in [1.165, 1.54) is 34.3 Å². The van der Waals surface area contributed by atoms with Crippen LogP contribution >= 0.6 is 0 Å². The van der Waals surface area contributed by atoms with Gasteiger partial charge in [0.05, 0.1) is 0 Å². The second kappa shape index (κ2) is 15.5. The molecular weight excluding hydrogens is 348 g/mol. The molecule has 0 unspecified atom stereocenters. The molecule has 0 aliphatic carbocycles. The second-order valence-electron chi connectivity index (χ2n) is 9.93. The van der Waals surface area contributed by atoms with Crippen LogP contribution < -0.4 is 0 Å². The summed E-state index contributed by atoms with van der Waals surface area (Å²) in [5.41, 5.74) is 8.15. The van der Waals surface area contributed by atoms with E-state index in [-0.39, 0.29) is 5.41 Å². The van der Waals surface area contributed by atoms with Crippen LogP contribution in [-0.2, 0) is 0 Å². The van der Waals surface area contributed by atoms with Gasteiger partial charge in [-0.15, -0.1) is 0 Å². The fourth-order valence-electron chi connectivity index (χ4n) is 3.13. The van der Waals surface area contributed by atoms with Gasteiger partial charge in [-0.2, -0.15) is 0 Å². The molecule has 0 heteroatoms. The Morgan fingerprint density at radius 1 is 0.828 bits per heavy atom. The first-order chi connectivity index (χ1) is 13.1. The molecule has 0 radical (unpaired) electrons. The maximum Gasteiger partial charge on any atom is -0.00664 e. The third-order valence-corrected chi connectivity index (χ3v) is 4.76. The van der Waals surface area contributed by atoms with Gasteiger partial charge < -0.3 is 0 Å². The summed E-state index contributed by atoms with van der Waals surface area (Å²) in [5, 5.41) is 0. The molecule has 0 nitrogen and oxygen atoms in total. The van der Waals surface area contributed by atoms with Crippen LogP contribution in [0.5, 0.6) is 0 Å². The monoisotopic (exact) mass is 402 g/mol. The van der Waals surface area contributed by atoms with Crippen molar-refractivity contribution in [2.24, 2.45) is 10.8 Å². The SMILES string of the molecule is C=C/C(=C(/C)C(=C)C(C)=C(C)C)C(C)(C)C/C=C(\C)CC(C)(C)C.CC.CCC. The Balaban J connectivity index is -0.00000123. The van der Waals surface area contributed by atoms with Crippen molar-refractivity contribution in [1.29, 1.82) is 0 Å². The Bertz CT molecular complexity index is 576. The molecule has 0 heterocycles. The van der Waals surface area contributed by atoms with Gasteiger partial charge in [-0.3, -0.25) is 0 Å². The Labute approximate surface area is 186 Å². The standard InChI is InChI=1S/C24H40.C3H8.C2H6/c1-13-22(21(7)20(6)19(5)17(2)3)24(11,12)15-14-18(4)16-23(8,9)10;1-3-2;1-2/h13-14H,1,6,15-16H2,2-5,7-12H3;3H2,1-2H3;1-2H3/b18-14+,22-21+;;. The lowest BCUT2D eigenvalue weighted by Gasteiger charge is -2.29. The van der Waals surface area contributed by atoms with Gasteiger partial charge in [0.1, 0.15) is 0 Å². The molecule has 0 atom stereocenters. The largest absolute Gasteiger partial charge is 0.0988 e. The highest BCUT2D eigenvalue weighted by molar-refractivity contribution is 5.50. The van der Waals surface area contributed by atoms with Crippen molar-refractivity contribution in [1.82, 2.24) is 0 Å². The maximum atomic E-state index is 4.32. The van der Waals surface area contributed by atoms with Crippen molar-refractivity contribution in [2.75, 3.05) is 0 Å². The van der Waals surface area contributed by atoms with E-state index >= 15 is 0 Å². The van der Waals surface area contributed by atoms with Gasteiger partial charge in [0.25, 0.3) is 0 Å². The Kier molecular flexibility index (Phi) is 17.3. The summed E-state index contributed by atoms with van der Waals surface area (Å²) in [6.07, 6.45) is 7.83. The summed E-state index contributed by atoms with van der Waals surface area (Å²) < 4.78 is 0. The molecule has 0 aromatic heterocycles. The Morgan fingerprint density at radius 2 is 1.24 bits per heavy atom. The van der Waals surface area contributed by atoms with Crippen molar-refractivity contribution in [3.63, 3.8) is 0 Å². The molecule has 0 aliphatic heterocycles. The Hall–Kier alpha value is -1.30. The molecule has 29 heavy (non-hydrogen) atoms. The number of hydrogen-bond acceptors (Lipinski definition) is 0. The third kappa shape index (κ3) is 14.3. The van der Waals surface area contributed by atoms with Crippen LogP contribution in [0.2, 0.25) is 0 Å². The molecule has 0 aromatic carbocycles. The molecule has 0 aromatic rings. The van der Waals surface area contributed by atoms with Crippen LogP contribution in [0.15, 0.2) is 58.7 Å². The number of allylic oxidation sites excluding steroid dienone is 8. The van der Waals surface area contributed by atoms with Crippen LogP contribution in [0.1, 0.15) is 116 Å². The van der Waals surface area contributed by atoms with Crippen molar-refractivity contribution in [3.05, 3.63) is 58.7 Å². The lowest BCUT2D eigenvalue weighted by atomic mass is 9.76. The summed E-state index contributed by atoms with van der Waals surface area (Å²) in [7, 11) is 0. The predicted molar refractivity (Wildman–Crippen MR) is 140 cm³/mol. The molecule has 0 saturated heterocycles. The molecule has 0 rings (SSSR count). The molecule has 0 saturated carbocycles. The molecule has 0 bridgehead atoms. The molecule has 170 valence electrons. The van der Waals surface area contributed by atoms with Crippen molar-refractivity contribution >= 4 is 0 Å². The van der Waals surface area contributed by atoms with Gasteiger partial charge in [0.15, 0.2) is 0 Å². The van der Waals surface area contributed by atoms with Crippen LogP contribution in [0.25, 0.3) is 0 Å². The van der Waals surface area contributed by atoms with E-state index < -0.39 is 0 Å². The van der Waals surface area contributed by atoms with E-state index in [0.717, 1.165) is 18.4 Å². The molecule has 0 amide bonds. The van der Waals surface area contributed by atoms with Gasteiger partial charge in [-0.1, -0.05) is 105 Å². The first-order valence-corrected chi connectivity index (χ1v) is 11.5. The Morgan fingerprint density at radius 3 is 1.55 bits per heavy atom. The summed E-state index contributed by atoms with van der Waals surface area (Å²) in [4.78, 5) is 0. The predicted octanol–water partition coefficient (Wildman–Crippen LogP) is 10.6. The zero-order valence-electron chi connectivity index (χ0n) is 22.7. The molecular formula is C29H54. The minimum atomic E-state index is 0.0514. The molecule has 0 spiro atoms. The number of hydrogen-bond donors (Lipinski definition) is 0. The zero-order valence-corrected chi connectivity index (χ0v) is 22.7. The smallest absolute Gasteiger partial charge is 0.00664 e. The molecule has 0 fully saturated rings. The average molecular weight is 403 g/mol.